The molecule has 0 radical (unpaired) electrons. The van der Waals surface area contributed by atoms with Gasteiger partial charge < -0.3 is 19.9 Å². The molecule has 2 rings (SSSR count). The van der Waals surface area contributed by atoms with Crippen LogP contribution in [0.15, 0.2) is 0 Å². The van der Waals surface area contributed by atoms with Crippen LogP contribution in [0, 0.1) is 0 Å². The first kappa shape index (κ1) is 15.7. The van der Waals surface area contributed by atoms with Crippen LogP contribution in [-0.4, -0.2) is 74.7 Å². The second-order valence-corrected chi connectivity index (χ2v) is 6.03. The Labute approximate surface area is 122 Å². The number of nitrogens with one attached hydrogen (secondary N) is 1. The summed E-state index contributed by atoms with van der Waals surface area (Å²) in [5.41, 5.74) is 0. The third-order valence-electron chi connectivity index (χ3n) is 4.75. The zero-order chi connectivity index (χ0) is 14.4. The first-order valence-electron chi connectivity index (χ1n) is 7.92. The number of amides is 1. The number of rotatable bonds is 5. The minimum atomic E-state index is 0.309. The van der Waals surface area contributed by atoms with Crippen molar-refractivity contribution in [2.75, 3.05) is 46.9 Å². The number of carbonyl (C=O) groups is 1. The van der Waals surface area contributed by atoms with Gasteiger partial charge in [-0.2, -0.15) is 0 Å². The van der Waals surface area contributed by atoms with E-state index in [9.17, 15) is 4.79 Å². The highest BCUT2D eigenvalue weighted by molar-refractivity contribution is 5.76. The summed E-state index contributed by atoms with van der Waals surface area (Å²) in [7, 11) is 3.96. The van der Waals surface area contributed by atoms with Crippen LogP contribution in [0.2, 0.25) is 0 Å². The van der Waals surface area contributed by atoms with E-state index in [0.29, 0.717) is 24.5 Å². The van der Waals surface area contributed by atoms with Crippen LogP contribution in [0.5, 0.6) is 0 Å². The molecule has 1 N–H and O–H groups in total. The summed E-state index contributed by atoms with van der Waals surface area (Å²) in [5, 5.41) is 3.28. The molecule has 20 heavy (non-hydrogen) atoms. The van der Waals surface area contributed by atoms with Crippen molar-refractivity contribution in [1.29, 1.82) is 0 Å². The number of hydrogen-bond donors (Lipinski definition) is 1. The minimum Gasteiger partial charge on any atom is -0.381 e. The lowest BCUT2D eigenvalue weighted by Gasteiger charge is -2.34. The zero-order valence-electron chi connectivity index (χ0n) is 12.9. The lowest BCUT2D eigenvalue weighted by molar-refractivity contribution is -0.132. The van der Waals surface area contributed by atoms with Gasteiger partial charge >= 0.3 is 0 Å². The number of nitrogens with zero attached hydrogens (tertiary/aromatic N) is 2. The van der Waals surface area contributed by atoms with Gasteiger partial charge in [0.15, 0.2) is 0 Å². The van der Waals surface area contributed by atoms with E-state index in [0.717, 1.165) is 45.6 Å². The van der Waals surface area contributed by atoms with Crippen molar-refractivity contribution in [2.24, 2.45) is 0 Å². The molecule has 116 valence electrons. The Hall–Kier alpha value is -0.650. The van der Waals surface area contributed by atoms with E-state index >= 15 is 0 Å². The fourth-order valence-electron chi connectivity index (χ4n) is 3.25. The highest BCUT2D eigenvalue weighted by atomic mass is 16.5. The van der Waals surface area contributed by atoms with Gasteiger partial charge in [0.2, 0.25) is 5.91 Å². The molecule has 1 saturated heterocycles. The highest BCUT2D eigenvalue weighted by Gasteiger charge is 2.24. The van der Waals surface area contributed by atoms with Crippen molar-refractivity contribution < 1.29 is 9.53 Å². The lowest BCUT2D eigenvalue weighted by Crippen LogP contribution is -2.47. The molecule has 0 spiro atoms. The van der Waals surface area contributed by atoms with Crippen molar-refractivity contribution in [1.82, 2.24) is 15.1 Å². The quantitative estimate of drug-likeness (QED) is 0.807. The standard InChI is InChI=1S/C15H29N3O2/c1-17(13-3-5-14(20-2)6-4-13)10-7-15(19)18-11-8-16-9-12-18/h13-14,16H,3-12H2,1-2H3. The Morgan fingerprint density at radius 1 is 1.25 bits per heavy atom. The molecule has 2 fully saturated rings. The van der Waals surface area contributed by atoms with E-state index in [1.807, 2.05) is 4.90 Å². The van der Waals surface area contributed by atoms with Crippen LogP contribution < -0.4 is 5.32 Å². The van der Waals surface area contributed by atoms with Gasteiger partial charge in [0.05, 0.1) is 6.10 Å². The van der Waals surface area contributed by atoms with Crippen LogP contribution in [0.25, 0.3) is 0 Å². The van der Waals surface area contributed by atoms with E-state index in [4.69, 9.17) is 4.74 Å². The van der Waals surface area contributed by atoms with Crippen LogP contribution in [-0.2, 0) is 9.53 Å². The summed E-state index contributed by atoms with van der Waals surface area (Å²) in [6.45, 7) is 4.47. The number of hydrogen-bond acceptors (Lipinski definition) is 4. The van der Waals surface area contributed by atoms with Crippen LogP contribution >= 0.6 is 0 Å². The minimum absolute atomic E-state index is 0.309. The summed E-state index contributed by atoms with van der Waals surface area (Å²) >= 11 is 0. The molecular weight excluding hydrogens is 254 g/mol. The summed E-state index contributed by atoms with van der Waals surface area (Å²) in [6, 6.07) is 0.622. The lowest BCUT2D eigenvalue weighted by atomic mass is 9.92. The Bertz CT molecular complexity index is 297. The molecule has 0 atom stereocenters. The van der Waals surface area contributed by atoms with E-state index in [2.05, 4.69) is 17.3 Å². The maximum Gasteiger partial charge on any atom is 0.223 e. The average Bonchev–Trinajstić information content (AvgIpc) is 2.53. The van der Waals surface area contributed by atoms with Gasteiger partial charge in [0, 0.05) is 52.3 Å². The van der Waals surface area contributed by atoms with Crippen LogP contribution in [0.4, 0.5) is 0 Å². The van der Waals surface area contributed by atoms with Gasteiger partial charge in [0.1, 0.15) is 0 Å². The van der Waals surface area contributed by atoms with Crippen molar-refractivity contribution in [3.63, 3.8) is 0 Å². The molecule has 1 saturated carbocycles. The van der Waals surface area contributed by atoms with Crippen molar-refractivity contribution in [2.45, 2.75) is 44.2 Å². The topological polar surface area (TPSA) is 44.8 Å². The molecule has 1 aliphatic heterocycles. The first-order chi connectivity index (χ1) is 9.70. The van der Waals surface area contributed by atoms with Gasteiger partial charge in [0.25, 0.3) is 0 Å². The third kappa shape index (κ3) is 4.43. The molecule has 0 unspecified atom stereocenters. The fraction of sp³-hybridized carbons (Fsp3) is 0.933. The fourth-order valence-corrected chi connectivity index (χ4v) is 3.25. The van der Waals surface area contributed by atoms with Crippen LogP contribution in [0.3, 0.4) is 0 Å². The predicted octanol–water partition coefficient (Wildman–Crippen LogP) is 0.698. The smallest absolute Gasteiger partial charge is 0.223 e. The molecule has 0 aromatic heterocycles. The second kappa shape index (κ2) is 7.96. The Morgan fingerprint density at radius 2 is 1.90 bits per heavy atom. The molecule has 0 aromatic rings. The van der Waals surface area contributed by atoms with E-state index < -0.39 is 0 Å². The first-order valence-corrected chi connectivity index (χ1v) is 7.92. The molecule has 2 aliphatic rings. The number of ether oxygens (including phenoxy) is 1. The summed E-state index contributed by atoms with van der Waals surface area (Å²) in [4.78, 5) is 16.5. The van der Waals surface area contributed by atoms with E-state index in [1.54, 1.807) is 7.11 Å². The summed E-state index contributed by atoms with van der Waals surface area (Å²) in [5.74, 6) is 0.309. The summed E-state index contributed by atoms with van der Waals surface area (Å²) in [6.07, 6.45) is 5.78. The number of methoxy groups -OCH3 is 1. The molecule has 5 heteroatoms. The molecule has 1 aliphatic carbocycles. The maximum atomic E-state index is 12.1. The predicted molar refractivity (Wildman–Crippen MR) is 79.7 cm³/mol. The summed E-state index contributed by atoms with van der Waals surface area (Å²) < 4.78 is 5.41. The highest BCUT2D eigenvalue weighted by Crippen LogP contribution is 2.24. The zero-order valence-corrected chi connectivity index (χ0v) is 12.9. The normalized spacial score (nSPS) is 27.9. The SMILES string of the molecule is COC1CCC(N(C)CCC(=O)N2CCNCC2)CC1. The van der Waals surface area contributed by atoms with Crippen molar-refractivity contribution in [3.8, 4) is 0 Å². The van der Waals surface area contributed by atoms with Gasteiger partial charge in [-0.25, -0.2) is 0 Å². The molecule has 1 heterocycles. The van der Waals surface area contributed by atoms with Crippen molar-refractivity contribution in [3.05, 3.63) is 0 Å². The molecular formula is C15H29N3O2. The Balaban J connectivity index is 1.66. The molecule has 0 aromatic carbocycles. The van der Waals surface area contributed by atoms with Gasteiger partial charge in [-0.1, -0.05) is 0 Å². The van der Waals surface area contributed by atoms with E-state index in [1.165, 1.54) is 12.8 Å². The number of piperazine rings is 1. The Morgan fingerprint density at radius 3 is 2.50 bits per heavy atom. The molecule has 5 nitrogen and oxygen atoms in total. The molecule has 0 bridgehead atoms. The monoisotopic (exact) mass is 283 g/mol. The maximum absolute atomic E-state index is 12.1. The molecule has 1 amide bonds. The third-order valence-corrected chi connectivity index (χ3v) is 4.75. The Kier molecular flexibility index (Phi) is 6.26. The second-order valence-electron chi connectivity index (χ2n) is 6.03. The van der Waals surface area contributed by atoms with Gasteiger partial charge in [-0.3, -0.25) is 4.79 Å². The van der Waals surface area contributed by atoms with Gasteiger partial charge in [-0.15, -0.1) is 0 Å². The largest absolute Gasteiger partial charge is 0.381 e. The number of carbonyl (C=O) groups excluding carboxylic acids is 1. The van der Waals surface area contributed by atoms with Gasteiger partial charge in [-0.05, 0) is 32.7 Å². The average molecular weight is 283 g/mol. The van der Waals surface area contributed by atoms with Crippen molar-refractivity contribution >= 4 is 5.91 Å². The van der Waals surface area contributed by atoms with E-state index in [-0.39, 0.29) is 0 Å². The van der Waals surface area contributed by atoms with Crippen LogP contribution in [0.1, 0.15) is 32.1 Å².